The van der Waals surface area contributed by atoms with E-state index in [2.05, 4.69) is 0 Å². The zero-order valence-corrected chi connectivity index (χ0v) is 11.2. The number of ether oxygens (including phenoxy) is 2. The highest BCUT2D eigenvalue weighted by molar-refractivity contribution is 5.95. The SMILES string of the molecule is Cc1cc(C2OCCO2)ccc1C(=O)N1CCCC1. The molecule has 0 bridgehead atoms. The molecule has 2 aliphatic heterocycles. The van der Waals surface area contributed by atoms with Crippen LogP contribution in [0.25, 0.3) is 0 Å². The first-order valence-electron chi connectivity index (χ1n) is 6.89. The molecule has 3 rings (SSSR count). The van der Waals surface area contributed by atoms with Crippen LogP contribution in [0.4, 0.5) is 0 Å². The Kier molecular flexibility index (Phi) is 3.53. The molecule has 0 atom stereocenters. The minimum atomic E-state index is -0.269. The van der Waals surface area contributed by atoms with Crippen LogP contribution in [-0.4, -0.2) is 37.1 Å². The molecule has 0 aromatic heterocycles. The summed E-state index contributed by atoms with van der Waals surface area (Å²) in [5.74, 6) is 0.148. The standard InChI is InChI=1S/C15H19NO3/c1-11-10-12(15-18-8-9-19-15)4-5-13(11)14(17)16-6-2-3-7-16/h4-5,10,15H,2-3,6-9H2,1H3. The number of aryl methyl sites for hydroxylation is 1. The van der Waals surface area contributed by atoms with Gasteiger partial charge in [0.05, 0.1) is 13.2 Å². The van der Waals surface area contributed by atoms with Crippen molar-refractivity contribution in [3.05, 3.63) is 34.9 Å². The van der Waals surface area contributed by atoms with Crippen molar-refractivity contribution in [1.82, 2.24) is 4.90 Å². The van der Waals surface area contributed by atoms with Gasteiger partial charge in [-0.05, 0) is 31.4 Å². The van der Waals surface area contributed by atoms with E-state index in [1.807, 2.05) is 30.0 Å². The summed E-state index contributed by atoms with van der Waals surface area (Å²) < 4.78 is 11.0. The third kappa shape index (κ3) is 2.51. The van der Waals surface area contributed by atoms with Gasteiger partial charge in [0.25, 0.3) is 5.91 Å². The van der Waals surface area contributed by atoms with Crippen molar-refractivity contribution < 1.29 is 14.3 Å². The van der Waals surface area contributed by atoms with Gasteiger partial charge in [0.1, 0.15) is 0 Å². The molecule has 2 aliphatic rings. The van der Waals surface area contributed by atoms with Gasteiger partial charge in [-0.3, -0.25) is 4.79 Å². The molecule has 0 saturated carbocycles. The predicted octanol–water partition coefficient (Wildman–Crippen LogP) is 2.28. The summed E-state index contributed by atoms with van der Waals surface area (Å²) in [4.78, 5) is 14.3. The number of hydrogen-bond donors (Lipinski definition) is 0. The Morgan fingerprint density at radius 3 is 2.53 bits per heavy atom. The number of carbonyl (C=O) groups excluding carboxylic acids is 1. The second kappa shape index (κ2) is 5.31. The molecule has 102 valence electrons. The first-order valence-corrected chi connectivity index (χ1v) is 6.89. The molecule has 2 heterocycles. The molecule has 1 amide bonds. The summed E-state index contributed by atoms with van der Waals surface area (Å²) in [7, 11) is 0. The van der Waals surface area contributed by atoms with Crippen LogP contribution in [0, 0.1) is 6.92 Å². The van der Waals surface area contributed by atoms with E-state index < -0.39 is 0 Å². The highest BCUT2D eigenvalue weighted by Crippen LogP contribution is 2.26. The summed E-state index contributed by atoms with van der Waals surface area (Å²) in [5.41, 5.74) is 2.78. The van der Waals surface area contributed by atoms with Crippen LogP contribution in [0.2, 0.25) is 0 Å². The molecule has 0 N–H and O–H groups in total. The molecule has 1 aromatic rings. The highest BCUT2D eigenvalue weighted by atomic mass is 16.7. The second-order valence-electron chi connectivity index (χ2n) is 5.15. The minimum Gasteiger partial charge on any atom is -0.346 e. The fourth-order valence-electron chi connectivity index (χ4n) is 2.71. The van der Waals surface area contributed by atoms with Gasteiger partial charge in [0.2, 0.25) is 0 Å². The van der Waals surface area contributed by atoms with Crippen LogP contribution in [0.15, 0.2) is 18.2 Å². The van der Waals surface area contributed by atoms with Gasteiger partial charge >= 0.3 is 0 Å². The number of carbonyl (C=O) groups is 1. The molecule has 4 heteroatoms. The quantitative estimate of drug-likeness (QED) is 0.819. The second-order valence-corrected chi connectivity index (χ2v) is 5.15. The maximum absolute atomic E-state index is 12.4. The van der Waals surface area contributed by atoms with Crippen LogP contribution in [-0.2, 0) is 9.47 Å². The van der Waals surface area contributed by atoms with Crippen LogP contribution in [0.5, 0.6) is 0 Å². The van der Waals surface area contributed by atoms with Gasteiger partial charge in [0.15, 0.2) is 6.29 Å². The number of benzene rings is 1. The Labute approximate surface area is 113 Å². The van der Waals surface area contributed by atoms with Gasteiger partial charge < -0.3 is 14.4 Å². The molecule has 19 heavy (non-hydrogen) atoms. The van der Waals surface area contributed by atoms with E-state index >= 15 is 0 Å². The maximum Gasteiger partial charge on any atom is 0.254 e. The lowest BCUT2D eigenvalue weighted by Crippen LogP contribution is -2.28. The molecule has 2 saturated heterocycles. The topological polar surface area (TPSA) is 38.8 Å². The lowest BCUT2D eigenvalue weighted by atomic mass is 10.0. The Bertz CT molecular complexity index is 474. The Balaban J connectivity index is 1.80. The number of hydrogen-bond acceptors (Lipinski definition) is 3. The summed E-state index contributed by atoms with van der Waals surface area (Å²) in [6, 6.07) is 5.84. The molecule has 0 unspecified atom stereocenters. The van der Waals surface area contributed by atoms with Crippen LogP contribution in [0.1, 0.15) is 40.6 Å². The van der Waals surface area contributed by atoms with Gasteiger partial charge in [-0.1, -0.05) is 12.1 Å². The molecule has 2 fully saturated rings. The van der Waals surface area contributed by atoms with Gasteiger partial charge in [-0.25, -0.2) is 0 Å². The largest absolute Gasteiger partial charge is 0.346 e. The number of likely N-dealkylation sites (tertiary alicyclic amines) is 1. The molecule has 4 nitrogen and oxygen atoms in total. The molecular weight excluding hydrogens is 242 g/mol. The van der Waals surface area contributed by atoms with E-state index in [-0.39, 0.29) is 12.2 Å². The van der Waals surface area contributed by atoms with E-state index in [1.165, 1.54) is 0 Å². The number of amides is 1. The summed E-state index contributed by atoms with van der Waals surface area (Å²) in [6.07, 6.45) is 1.97. The van der Waals surface area contributed by atoms with E-state index in [9.17, 15) is 4.79 Å². The Hall–Kier alpha value is -1.39. The van der Waals surface area contributed by atoms with E-state index in [1.54, 1.807) is 0 Å². The summed E-state index contributed by atoms with van der Waals surface area (Å²) in [6.45, 7) is 5.02. The van der Waals surface area contributed by atoms with Crippen LogP contribution in [0.3, 0.4) is 0 Å². The average molecular weight is 261 g/mol. The predicted molar refractivity (Wildman–Crippen MR) is 71.0 cm³/mol. The molecule has 0 spiro atoms. The number of nitrogens with zero attached hydrogens (tertiary/aromatic N) is 1. The lowest BCUT2D eigenvalue weighted by molar-refractivity contribution is -0.0441. The summed E-state index contributed by atoms with van der Waals surface area (Å²) >= 11 is 0. The van der Waals surface area contributed by atoms with Crippen molar-refractivity contribution in [2.75, 3.05) is 26.3 Å². The van der Waals surface area contributed by atoms with Gasteiger partial charge in [-0.15, -0.1) is 0 Å². The van der Waals surface area contributed by atoms with Crippen LogP contribution >= 0.6 is 0 Å². The Morgan fingerprint density at radius 1 is 1.21 bits per heavy atom. The first-order chi connectivity index (χ1) is 9.25. The molecule has 0 aliphatic carbocycles. The lowest BCUT2D eigenvalue weighted by Gasteiger charge is -2.18. The van der Waals surface area contributed by atoms with Crippen molar-refractivity contribution in [2.24, 2.45) is 0 Å². The normalized spacial score (nSPS) is 20.2. The maximum atomic E-state index is 12.4. The van der Waals surface area contributed by atoms with E-state index in [0.717, 1.165) is 42.6 Å². The fraction of sp³-hybridized carbons (Fsp3) is 0.533. The van der Waals surface area contributed by atoms with Gasteiger partial charge in [-0.2, -0.15) is 0 Å². The van der Waals surface area contributed by atoms with Crippen molar-refractivity contribution in [3.63, 3.8) is 0 Å². The summed E-state index contributed by atoms with van der Waals surface area (Å²) in [5, 5.41) is 0. The monoisotopic (exact) mass is 261 g/mol. The third-order valence-corrected chi connectivity index (χ3v) is 3.77. The van der Waals surface area contributed by atoms with Crippen molar-refractivity contribution in [2.45, 2.75) is 26.1 Å². The zero-order valence-electron chi connectivity index (χ0n) is 11.2. The van der Waals surface area contributed by atoms with Crippen molar-refractivity contribution in [3.8, 4) is 0 Å². The van der Waals surface area contributed by atoms with Crippen molar-refractivity contribution in [1.29, 1.82) is 0 Å². The third-order valence-electron chi connectivity index (χ3n) is 3.77. The first kappa shape index (κ1) is 12.6. The Morgan fingerprint density at radius 2 is 1.89 bits per heavy atom. The van der Waals surface area contributed by atoms with Crippen LogP contribution < -0.4 is 0 Å². The van der Waals surface area contributed by atoms with Crippen molar-refractivity contribution >= 4 is 5.91 Å². The smallest absolute Gasteiger partial charge is 0.254 e. The van der Waals surface area contributed by atoms with Gasteiger partial charge in [0, 0.05) is 24.2 Å². The highest BCUT2D eigenvalue weighted by Gasteiger charge is 2.23. The molecule has 1 aromatic carbocycles. The fourth-order valence-corrected chi connectivity index (χ4v) is 2.71. The minimum absolute atomic E-state index is 0.148. The number of rotatable bonds is 2. The molecule has 0 radical (unpaired) electrons. The van der Waals surface area contributed by atoms with E-state index in [4.69, 9.17) is 9.47 Å². The molecular formula is C15H19NO3. The zero-order chi connectivity index (χ0) is 13.2. The average Bonchev–Trinajstić information content (AvgIpc) is 3.11. The van der Waals surface area contributed by atoms with E-state index in [0.29, 0.717) is 13.2 Å².